The number of carbonyl (C=O) groups is 1. The predicted molar refractivity (Wildman–Crippen MR) is 163 cm³/mol. The predicted octanol–water partition coefficient (Wildman–Crippen LogP) is 12.3. The Labute approximate surface area is 229 Å². The molecule has 0 aromatic carbocycles. The van der Waals surface area contributed by atoms with Crippen LogP contribution in [0.25, 0.3) is 0 Å². The van der Waals surface area contributed by atoms with Crippen molar-refractivity contribution in [3.05, 3.63) is 0 Å². The summed E-state index contributed by atoms with van der Waals surface area (Å²) in [6.45, 7) is 9.54. The average molecular weight is 514 g/mol. The second kappa shape index (κ2) is 39.0. The van der Waals surface area contributed by atoms with E-state index in [0.717, 1.165) is 12.8 Å². The van der Waals surface area contributed by atoms with Crippen LogP contribution < -0.4 is 6.15 Å². The number of unbranched alkanes of at least 4 members (excludes halogenated alkanes) is 23. The summed E-state index contributed by atoms with van der Waals surface area (Å²) < 4.78 is 5.38. The lowest BCUT2D eigenvalue weighted by molar-refractivity contribution is -0.143. The van der Waals surface area contributed by atoms with E-state index in [4.69, 9.17) is 4.74 Å². The van der Waals surface area contributed by atoms with Gasteiger partial charge in [0.2, 0.25) is 0 Å². The van der Waals surface area contributed by atoms with Crippen LogP contribution >= 0.6 is 0 Å². The van der Waals surface area contributed by atoms with Crippen molar-refractivity contribution in [3.8, 4) is 0 Å². The maximum absolute atomic E-state index is 11.8. The molecule has 0 radical (unpaired) electrons. The summed E-state index contributed by atoms with van der Waals surface area (Å²) in [7, 11) is 0. The Balaban J connectivity index is -0.00000201. The van der Waals surface area contributed by atoms with Crippen molar-refractivity contribution in [1.82, 2.24) is 6.15 Å². The van der Waals surface area contributed by atoms with Gasteiger partial charge in [0.05, 0.1) is 6.61 Å². The van der Waals surface area contributed by atoms with E-state index in [2.05, 4.69) is 27.7 Å². The van der Waals surface area contributed by atoms with Crippen molar-refractivity contribution in [3.63, 3.8) is 0 Å². The maximum Gasteiger partial charge on any atom is 0.305 e. The van der Waals surface area contributed by atoms with E-state index in [1.807, 2.05) is 0 Å². The summed E-state index contributed by atoms with van der Waals surface area (Å²) in [5, 5.41) is 0. The standard InChI is InChI=1S/C29H58O2.C4H10.H3N/c1-3-5-7-9-11-13-14-15-16-17-18-19-21-23-25-27-29(30)31-28-26-24-22-20-12-10-8-6-4-2;1-3-4-2;/h3-28H2,1-2H3;3-4H2,1-2H3;1H3. The lowest BCUT2D eigenvalue weighted by Crippen LogP contribution is -2.05. The smallest absolute Gasteiger partial charge is 0.305 e. The molecule has 0 spiro atoms. The zero-order chi connectivity index (χ0) is 26.1. The van der Waals surface area contributed by atoms with Gasteiger partial charge in [-0.3, -0.25) is 4.79 Å². The number of hydrogen-bond donors (Lipinski definition) is 1. The van der Waals surface area contributed by atoms with E-state index in [1.54, 1.807) is 0 Å². The molecule has 3 heteroatoms. The Morgan fingerprint density at radius 1 is 0.389 bits per heavy atom. The molecular formula is C33H71NO2. The van der Waals surface area contributed by atoms with Gasteiger partial charge < -0.3 is 10.9 Å². The van der Waals surface area contributed by atoms with Crippen LogP contribution in [0.15, 0.2) is 0 Å². The molecule has 0 atom stereocenters. The van der Waals surface area contributed by atoms with Gasteiger partial charge in [-0.05, 0) is 12.8 Å². The first kappa shape index (κ1) is 39.9. The molecule has 0 aromatic heterocycles. The van der Waals surface area contributed by atoms with Crippen LogP contribution in [0.1, 0.15) is 201 Å². The van der Waals surface area contributed by atoms with Crippen molar-refractivity contribution in [2.75, 3.05) is 6.61 Å². The summed E-state index contributed by atoms with van der Waals surface area (Å²) in [6.07, 6.45) is 35.4. The van der Waals surface area contributed by atoms with E-state index in [9.17, 15) is 4.79 Å². The van der Waals surface area contributed by atoms with Gasteiger partial charge in [0.25, 0.3) is 0 Å². The summed E-state index contributed by atoms with van der Waals surface area (Å²) >= 11 is 0. The molecule has 0 aliphatic carbocycles. The lowest BCUT2D eigenvalue weighted by Gasteiger charge is -2.06. The number of hydrogen-bond acceptors (Lipinski definition) is 3. The molecule has 3 nitrogen and oxygen atoms in total. The van der Waals surface area contributed by atoms with Crippen molar-refractivity contribution < 1.29 is 9.53 Å². The number of esters is 1. The van der Waals surface area contributed by atoms with Crippen LogP contribution in [0.2, 0.25) is 0 Å². The van der Waals surface area contributed by atoms with Crippen molar-refractivity contribution in [2.45, 2.75) is 201 Å². The molecule has 220 valence electrons. The molecule has 0 fully saturated rings. The van der Waals surface area contributed by atoms with E-state index < -0.39 is 0 Å². The fourth-order valence-electron chi connectivity index (χ4n) is 4.31. The minimum Gasteiger partial charge on any atom is -0.466 e. The minimum absolute atomic E-state index is 0. The Morgan fingerprint density at radius 2 is 0.667 bits per heavy atom. The van der Waals surface area contributed by atoms with Crippen molar-refractivity contribution in [2.24, 2.45) is 0 Å². The first-order chi connectivity index (χ1) is 17.2. The molecule has 0 unspecified atom stereocenters. The molecular weight excluding hydrogens is 442 g/mol. The second-order valence-corrected chi connectivity index (χ2v) is 10.7. The topological polar surface area (TPSA) is 61.3 Å². The number of ether oxygens (including phenoxy) is 1. The van der Waals surface area contributed by atoms with Gasteiger partial charge in [-0.15, -0.1) is 0 Å². The largest absolute Gasteiger partial charge is 0.466 e. The van der Waals surface area contributed by atoms with Gasteiger partial charge >= 0.3 is 5.97 Å². The first-order valence-corrected chi connectivity index (χ1v) is 16.4. The van der Waals surface area contributed by atoms with Gasteiger partial charge in [0.1, 0.15) is 0 Å². The summed E-state index contributed by atoms with van der Waals surface area (Å²) in [6, 6.07) is 0. The Morgan fingerprint density at radius 3 is 0.972 bits per heavy atom. The van der Waals surface area contributed by atoms with Crippen molar-refractivity contribution in [1.29, 1.82) is 0 Å². The average Bonchev–Trinajstić information content (AvgIpc) is 2.87. The van der Waals surface area contributed by atoms with Gasteiger partial charge in [0, 0.05) is 6.42 Å². The molecule has 0 amide bonds. The van der Waals surface area contributed by atoms with Crippen LogP contribution in [-0.2, 0) is 9.53 Å². The molecule has 0 aromatic rings. The molecule has 0 rings (SSSR count). The second-order valence-electron chi connectivity index (χ2n) is 10.7. The third-order valence-corrected chi connectivity index (χ3v) is 7.00. The highest BCUT2D eigenvalue weighted by atomic mass is 16.5. The van der Waals surface area contributed by atoms with Crippen LogP contribution in [0, 0.1) is 0 Å². The highest BCUT2D eigenvalue weighted by Crippen LogP contribution is 2.14. The van der Waals surface area contributed by atoms with E-state index in [1.165, 1.54) is 154 Å². The highest BCUT2D eigenvalue weighted by molar-refractivity contribution is 5.69. The van der Waals surface area contributed by atoms with E-state index in [-0.39, 0.29) is 12.1 Å². The normalized spacial score (nSPS) is 10.4. The first-order valence-electron chi connectivity index (χ1n) is 16.4. The molecule has 0 bridgehead atoms. The van der Waals surface area contributed by atoms with E-state index >= 15 is 0 Å². The van der Waals surface area contributed by atoms with Gasteiger partial charge in [0.15, 0.2) is 0 Å². The fourth-order valence-corrected chi connectivity index (χ4v) is 4.31. The lowest BCUT2D eigenvalue weighted by atomic mass is 10.0. The summed E-state index contributed by atoms with van der Waals surface area (Å²) in [4.78, 5) is 11.8. The maximum atomic E-state index is 11.8. The molecule has 0 saturated carbocycles. The minimum atomic E-state index is 0. The summed E-state index contributed by atoms with van der Waals surface area (Å²) in [5.74, 6) is 0.0225. The zero-order valence-corrected chi connectivity index (χ0v) is 25.8. The molecule has 0 aliphatic rings. The Kier molecular flexibility index (Phi) is 43.2. The third-order valence-electron chi connectivity index (χ3n) is 7.00. The molecule has 3 N–H and O–H groups in total. The van der Waals surface area contributed by atoms with Gasteiger partial charge in [-0.25, -0.2) is 0 Å². The zero-order valence-electron chi connectivity index (χ0n) is 25.8. The third kappa shape index (κ3) is 40.6. The quantitative estimate of drug-likeness (QED) is 0.0877. The van der Waals surface area contributed by atoms with Gasteiger partial charge in [-0.2, -0.15) is 0 Å². The molecule has 36 heavy (non-hydrogen) atoms. The van der Waals surface area contributed by atoms with Crippen molar-refractivity contribution >= 4 is 5.97 Å². The van der Waals surface area contributed by atoms with Crippen LogP contribution in [0.4, 0.5) is 0 Å². The summed E-state index contributed by atoms with van der Waals surface area (Å²) in [5.41, 5.74) is 0. The van der Waals surface area contributed by atoms with Gasteiger partial charge in [-0.1, -0.05) is 182 Å². The van der Waals surface area contributed by atoms with Crippen LogP contribution in [0.3, 0.4) is 0 Å². The molecule has 0 saturated heterocycles. The fraction of sp³-hybridized carbons (Fsp3) is 0.970. The highest BCUT2D eigenvalue weighted by Gasteiger charge is 2.02. The SMILES string of the molecule is CCCC.CCCCCCCCCCCCCCCCCC(=O)OCCCCCCCCCCC.N. The van der Waals surface area contributed by atoms with Crippen LogP contribution in [0.5, 0.6) is 0 Å². The number of carbonyl (C=O) groups excluding carboxylic acids is 1. The van der Waals surface area contributed by atoms with Crippen LogP contribution in [-0.4, -0.2) is 12.6 Å². The molecule has 0 heterocycles. The monoisotopic (exact) mass is 514 g/mol. The Bertz CT molecular complexity index is 371. The number of rotatable bonds is 27. The Hall–Kier alpha value is -0.570. The van der Waals surface area contributed by atoms with E-state index in [0.29, 0.717) is 13.0 Å². The molecule has 0 aliphatic heterocycles.